The lowest BCUT2D eigenvalue weighted by Gasteiger charge is -2.42. The molecule has 0 saturated heterocycles. The third-order valence-corrected chi connectivity index (χ3v) is 6.88. The van der Waals surface area contributed by atoms with Crippen molar-refractivity contribution in [3.8, 4) is 0 Å². The first kappa shape index (κ1) is 22.2. The van der Waals surface area contributed by atoms with Crippen LogP contribution in [0.5, 0.6) is 0 Å². The van der Waals surface area contributed by atoms with Crippen LogP contribution in [0.3, 0.4) is 0 Å². The molecule has 31 heavy (non-hydrogen) atoms. The Kier molecular flexibility index (Phi) is 6.87. The second kappa shape index (κ2) is 9.61. The van der Waals surface area contributed by atoms with Gasteiger partial charge in [0.1, 0.15) is 0 Å². The quantitative estimate of drug-likeness (QED) is 0.610. The minimum atomic E-state index is -4.30. The molecule has 0 bridgehead atoms. The van der Waals surface area contributed by atoms with Gasteiger partial charge < -0.3 is 11.1 Å². The van der Waals surface area contributed by atoms with Crippen LogP contribution in [0.15, 0.2) is 48.5 Å². The summed E-state index contributed by atoms with van der Waals surface area (Å²) in [5, 5.41) is 3.37. The largest absolute Gasteiger partial charge is 0.416 e. The van der Waals surface area contributed by atoms with E-state index in [1.54, 1.807) is 6.07 Å². The van der Waals surface area contributed by atoms with Crippen LogP contribution in [-0.4, -0.2) is 31.1 Å². The first-order valence-corrected chi connectivity index (χ1v) is 11.4. The number of anilines is 1. The van der Waals surface area contributed by atoms with Gasteiger partial charge in [-0.25, -0.2) is 0 Å². The zero-order valence-electron chi connectivity index (χ0n) is 17.9. The maximum Gasteiger partial charge on any atom is 0.416 e. The Labute approximate surface area is 182 Å². The molecule has 2 aromatic carbocycles. The zero-order valence-corrected chi connectivity index (χ0v) is 17.9. The highest BCUT2D eigenvalue weighted by Crippen LogP contribution is 2.47. The van der Waals surface area contributed by atoms with E-state index in [-0.39, 0.29) is 5.92 Å². The summed E-state index contributed by atoms with van der Waals surface area (Å²) in [6.07, 6.45) is -0.203. The Morgan fingerprint density at radius 1 is 1.06 bits per heavy atom. The lowest BCUT2D eigenvalue weighted by atomic mass is 9.69. The predicted octanol–water partition coefficient (Wildman–Crippen LogP) is 5.48. The summed E-state index contributed by atoms with van der Waals surface area (Å²) in [5.41, 5.74) is 8.25. The molecule has 3 atom stereocenters. The van der Waals surface area contributed by atoms with Crippen LogP contribution in [0.25, 0.3) is 0 Å². The smallest absolute Gasteiger partial charge is 0.385 e. The number of alkyl halides is 3. The summed E-state index contributed by atoms with van der Waals surface area (Å²) in [6.45, 7) is 4.34. The molecule has 0 amide bonds. The van der Waals surface area contributed by atoms with Gasteiger partial charge in [-0.15, -0.1) is 0 Å². The number of halogens is 3. The third kappa shape index (κ3) is 5.42. The van der Waals surface area contributed by atoms with Crippen molar-refractivity contribution >= 4 is 5.69 Å². The minimum Gasteiger partial charge on any atom is -0.385 e. The normalized spacial score (nSPS) is 23.2. The monoisotopic (exact) mass is 431 g/mol. The van der Waals surface area contributed by atoms with Gasteiger partial charge in [-0.1, -0.05) is 30.3 Å². The molecule has 0 spiro atoms. The van der Waals surface area contributed by atoms with Gasteiger partial charge in [0.2, 0.25) is 0 Å². The van der Waals surface area contributed by atoms with Gasteiger partial charge in [-0.05, 0) is 85.9 Å². The van der Waals surface area contributed by atoms with Gasteiger partial charge in [-0.3, -0.25) is 4.90 Å². The van der Waals surface area contributed by atoms with Gasteiger partial charge >= 0.3 is 6.18 Å². The molecule has 3 nitrogen and oxygen atoms in total. The molecule has 3 unspecified atom stereocenters. The standard InChI is InChI=1S/C25H32F3N3/c26-25(27,28)21-9-10-24-23(14-21)22-13-19(7-8-20(22)15-30-24)17-31(12-4-11-29)16-18-5-2-1-3-6-18/h1-3,5-6,9-10,14,19-20,22,30H,4,7-8,11-13,15-17,29H2. The highest BCUT2D eigenvalue weighted by molar-refractivity contribution is 5.57. The Bertz CT molecular complexity index is 853. The van der Waals surface area contributed by atoms with E-state index in [0.717, 1.165) is 63.1 Å². The fourth-order valence-electron chi connectivity index (χ4n) is 5.32. The first-order valence-electron chi connectivity index (χ1n) is 11.4. The Balaban J connectivity index is 1.49. The summed E-state index contributed by atoms with van der Waals surface area (Å²) < 4.78 is 40.0. The molecule has 0 aromatic heterocycles. The van der Waals surface area contributed by atoms with Gasteiger partial charge in [0.05, 0.1) is 5.56 Å². The molecule has 1 aliphatic carbocycles. The summed E-state index contributed by atoms with van der Waals surface area (Å²) in [5.74, 6) is 1.10. The highest BCUT2D eigenvalue weighted by atomic mass is 19.4. The van der Waals surface area contributed by atoms with E-state index in [4.69, 9.17) is 5.73 Å². The summed E-state index contributed by atoms with van der Waals surface area (Å²) >= 11 is 0. The lowest BCUT2D eigenvalue weighted by Crippen LogP contribution is -2.38. The molecule has 2 aromatic rings. The summed E-state index contributed by atoms with van der Waals surface area (Å²) in [6, 6.07) is 14.6. The van der Waals surface area contributed by atoms with Crippen molar-refractivity contribution < 1.29 is 13.2 Å². The van der Waals surface area contributed by atoms with Crippen molar-refractivity contribution in [1.29, 1.82) is 0 Å². The van der Waals surface area contributed by atoms with Crippen LogP contribution in [-0.2, 0) is 12.7 Å². The highest BCUT2D eigenvalue weighted by Gasteiger charge is 2.38. The third-order valence-electron chi connectivity index (χ3n) is 6.88. The molecule has 2 aliphatic rings. The molecule has 1 fully saturated rings. The molecule has 1 aliphatic heterocycles. The van der Waals surface area contributed by atoms with Crippen LogP contribution >= 0.6 is 0 Å². The van der Waals surface area contributed by atoms with Crippen molar-refractivity contribution in [2.75, 3.05) is 31.5 Å². The number of hydrogen-bond donors (Lipinski definition) is 2. The van der Waals surface area contributed by atoms with Crippen molar-refractivity contribution in [2.24, 2.45) is 17.6 Å². The average molecular weight is 432 g/mol. The minimum absolute atomic E-state index is 0.199. The van der Waals surface area contributed by atoms with Gasteiger partial charge in [0.25, 0.3) is 0 Å². The topological polar surface area (TPSA) is 41.3 Å². The molecule has 0 radical (unpaired) electrons. The zero-order chi connectivity index (χ0) is 21.8. The second-order valence-corrected chi connectivity index (χ2v) is 9.09. The van der Waals surface area contributed by atoms with Crippen LogP contribution in [0.2, 0.25) is 0 Å². The van der Waals surface area contributed by atoms with E-state index in [9.17, 15) is 13.2 Å². The van der Waals surface area contributed by atoms with E-state index in [2.05, 4.69) is 34.5 Å². The number of nitrogens with one attached hydrogen (secondary N) is 1. The Morgan fingerprint density at radius 3 is 2.61 bits per heavy atom. The molecule has 3 N–H and O–H groups in total. The molecule has 4 rings (SSSR count). The van der Waals surface area contributed by atoms with Crippen LogP contribution in [0.4, 0.5) is 18.9 Å². The number of nitrogens with zero attached hydrogens (tertiary/aromatic N) is 1. The van der Waals surface area contributed by atoms with Gasteiger partial charge in [0, 0.05) is 25.3 Å². The van der Waals surface area contributed by atoms with Crippen LogP contribution in [0, 0.1) is 11.8 Å². The maximum absolute atomic E-state index is 13.3. The first-order chi connectivity index (χ1) is 14.9. The van der Waals surface area contributed by atoms with Crippen LogP contribution < -0.4 is 11.1 Å². The fraction of sp³-hybridized carbons (Fsp3) is 0.520. The van der Waals surface area contributed by atoms with Crippen molar-refractivity contribution in [3.05, 3.63) is 65.2 Å². The molecule has 1 heterocycles. The SMILES string of the molecule is NCCCN(Cc1ccccc1)CC1CCC2CNc3ccc(C(F)(F)F)cc3C2C1. The maximum atomic E-state index is 13.3. The number of rotatable bonds is 7. The molecular formula is C25H32F3N3. The average Bonchev–Trinajstić information content (AvgIpc) is 2.77. The Morgan fingerprint density at radius 2 is 1.87 bits per heavy atom. The van der Waals surface area contributed by atoms with E-state index in [1.807, 2.05) is 6.07 Å². The number of hydrogen-bond acceptors (Lipinski definition) is 3. The number of benzene rings is 2. The van der Waals surface area contributed by atoms with Crippen molar-refractivity contribution in [3.63, 3.8) is 0 Å². The van der Waals surface area contributed by atoms with Crippen molar-refractivity contribution in [2.45, 2.75) is 44.3 Å². The van der Waals surface area contributed by atoms with E-state index < -0.39 is 11.7 Å². The Hall–Kier alpha value is -2.05. The molecule has 6 heteroatoms. The predicted molar refractivity (Wildman–Crippen MR) is 119 cm³/mol. The molecular weight excluding hydrogens is 399 g/mol. The number of nitrogens with two attached hydrogens (primary N) is 1. The summed E-state index contributed by atoms with van der Waals surface area (Å²) in [4.78, 5) is 2.47. The second-order valence-electron chi connectivity index (χ2n) is 9.09. The summed E-state index contributed by atoms with van der Waals surface area (Å²) in [7, 11) is 0. The van der Waals surface area contributed by atoms with E-state index >= 15 is 0 Å². The van der Waals surface area contributed by atoms with Crippen LogP contribution in [0.1, 0.15) is 48.3 Å². The molecule has 168 valence electrons. The van der Waals surface area contributed by atoms with Gasteiger partial charge in [0.15, 0.2) is 0 Å². The van der Waals surface area contributed by atoms with Gasteiger partial charge in [-0.2, -0.15) is 13.2 Å². The fourth-order valence-corrected chi connectivity index (χ4v) is 5.32. The van der Waals surface area contributed by atoms with E-state index in [0.29, 0.717) is 18.4 Å². The lowest BCUT2D eigenvalue weighted by molar-refractivity contribution is -0.137. The number of fused-ring (bicyclic) bond motifs is 3. The van der Waals surface area contributed by atoms with Crippen molar-refractivity contribution in [1.82, 2.24) is 4.90 Å². The molecule has 1 saturated carbocycles. The van der Waals surface area contributed by atoms with E-state index in [1.165, 1.54) is 17.7 Å².